The molecule has 3 aliphatic carbocycles. The number of Topliss-reactive ketones (excluding diaryl/α,β-unsaturated/α-hetero) is 2. The number of nitrogens with zero attached hydrogens (tertiary/aromatic N) is 4. The van der Waals surface area contributed by atoms with Crippen molar-refractivity contribution in [2.75, 3.05) is 33.1 Å². The number of carbonyl (C=O) groups excluding carboxylic acids is 3. The summed E-state index contributed by atoms with van der Waals surface area (Å²) < 4.78 is 0. The summed E-state index contributed by atoms with van der Waals surface area (Å²) in [6.45, 7) is 0. The molecular formula is C23H26N5O7+. The number of amides is 1. The molecule has 12 heteroatoms. The van der Waals surface area contributed by atoms with Crippen LogP contribution in [0.2, 0.25) is 0 Å². The Morgan fingerprint density at radius 3 is 2.34 bits per heavy atom. The largest absolute Gasteiger partial charge is 0.508 e. The number of benzene rings is 1. The SMILES string of the molecule is CN(C)c1cc([N+]#N)c(O)c2c1CC1CC3C(N(C)C)C(=O)C(C(N)=O)=C(O)C3(O)C(=O)C1=C2O. The zero-order valence-electron chi connectivity index (χ0n) is 19.6. The van der Waals surface area contributed by atoms with Crippen LogP contribution in [0.4, 0.5) is 11.4 Å². The normalized spacial score (nSPS) is 27.9. The van der Waals surface area contributed by atoms with Crippen molar-refractivity contribution >= 4 is 34.6 Å². The molecule has 1 amide bonds. The zero-order chi connectivity index (χ0) is 26.1. The molecule has 0 bridgehead atoms. The number of phenols is 1. The molecule has 0 radical (unpaired) electrons. The average Bonchev–Trinajstić information content (AvgIpc) is 2.75. The van der Waals surface area contributed by atoms with Crippen molar-refractivity contribution in [2.24, 2.45) is 17.6 Å². The molecule has 4 rings (SSSR count). The summed E-state index contributed by atoms with van der Waals surface area (Å²) in [5.41, 5.74) is 2.07. The Morgan fingerprint density at radius 1 is 1.20 bits per heavy atom. The van der Waals surface area contributed by atoms with E-state index < -0.39 is 63.8 Å². The number of nitrogens with two attached hydrogens (primary N) is 1. The second-order valence-corrected chi connectivity index (χ2v) is 9.57. The van der Waals surface area contributed by atoms with Crippen LogP contribution in [0.15, 0.2) is 23.0 Å². The highest BCUT2D eigenvalue weighted by molar-refractivity contribution is 6.24. The van der Waals surface area contributed by atoms with Gasteiger partial charge in [0.05, 0.1) is 17.7 Å². The van der Waals surface area contributed by atoms with Gasteiger partial charge in [0.1, 0.15) is 17.1 Å². The predicted molar refractivity (Wildman–Crippen MR) is 123 cm³/mol. The summed E-state index contributed by atoms with van der Waals surface area (Å²) >= 11 is 0. The van der Waals surface area contributed by atoms with E-state index in [2.05, 4.69) is 4.98 Å². The number of primary amides is 1. The first-order valence-corrected chi connectivity index (χ1v) is 10.8. The average molecular weight is 484 g/mol. The molecule has 0 spiro atoms. The number of diazo groups is 1. The molecule has 6 N–H and O–H groups in total. The third kappa shape index (κ3) is 3.05. The van der Waals surface area contributed by atoms with Gasteiger partial charge in [0.15, 0.2) is 16.4 Å². The van der Waals surface area contributed by atoms with Gasteiger partial charge in [-0.2, -0.15) is 0 Å². The third-order valence-corrected chi connectivity index (χ3v) is 7.27. The molecule has 1 saturated carbocycles. The molecule has 0 saturated heterocycles. The maximum atomic E-state index is 13.8. The Bertz CT molecular complexity index is 1310. The minimum Gasteiger partial charge on any atom is -0.508 e. The maximum absolute atomic E-state index is 13.8. The van der Waals surface area contributed by atoms with Crippen molar-refractivity contribution in [2.45, 2.75) is 24.5 Å². The monoisotopic (exact) mass is 484 g/mol. The van der Waals surface area contributed by atoms with Gasteiger partial charge in [-0.3, -0.25) is 19.3 Å². The fourth-order valence-corrected chi connectivity index (χ4v) is 5.75. The van der Waals surface area contributed by atoms with Crippen molar-refractivity contribution in [3.63, 3.8) is 0 Å². The Labute approximate surface area is 200 Å². The molecule has 12 nitrogen and oxygen atoms in total. The van der Waals surface area contributed by atoms with E-state index in [1.807, 2.05) is 0 Å². The Balaban J connectivity index is 2.03. The molecule has 4 unspecified atom stereocenters. The van der Waals surface area contributed by atoms with Gasteiger partial charge in [-0.25, -0.2) is 0 Å². The molecule has 1 aromatic carbocycles. The summed E-state index contributed by atoms with van der Waals surface area (Å²) in [6, 6.07) is 0.276. The zero-order valence-corrected chi connectivity index (χ0v) is 19.6. The number of phenolic OH excluding ortho intramolecular Hbond substituents is 1. The third-order valence-electron chi connectivity index (χ3n) is 7.27. The Morgan fingerprint density at radius 2 is 1.83 bits per heavy atom. The molecule has 3 aliphatic rings. The van der Waals surface area contributed by atoms with E-state index in [4.69, 9.17) is 5.73 Å². The van der Waals surface area contributed by atoms with Gasteiger partial charge in [0, 0.05) is 31.3 Å². The molecule has 184 valence electrons. The van der Waals surface area contributed by atoms with Gasteiger partial charge in [-0.15, -0.1) is 0 Å². The van der Waals surface area contributed by atoms with Crippen molar-refractivity contribution in [3.8, 4) is 5.75 Å². The quantitative estimate of drug-likeness (QED) is 0.298. The number of hydrogen-bond donors (Lipinski definition) is 5. The first kappa shape index (κ1) is 24.2. The van der Waals surface area contributed by atoms with Gasteiger partial charge in [-0.1, -0.05) is 0 Å². The number of aliphatic hydroxyl groups excluding tert-OH is 2. The summed E-state index contributed by atoms with van der Waals surface area (Å²) in [5, 5.41) is 53.6. The van der Waals surface area contributed by atoms with E-state index in [-0.39, 0.29) is 29.7 Å². The summed E-state index contributed by atoms with van der Waals surface area (Å²) in [7, 11) is 6.50. The van der Waals surface area contributed by atoms with Gasteiger partial charge in [0.2, 0.25) is 16.9 Å². The van der Waals surface area contributed by atoms with Crippen LogP contribution < -0.4 is 10.6 Å². The van der Waals surface area contributed by atoms with Gasteiger partial charge < -0.3 is 31.1 Å². The standard InChI is InChI=1S/C23H25N5O7/c1-27(2)12-7-11(26-25)17(29)14-9(12)5-8-6-10-16(28(3)4)19(31)15(22(24)34)21(33)23(10,35)20(32)13(8)18(14)30/h7-8,10,16,35H,5-6H2,1-4H3,(H4-,24,29,30,31,32,33,34)/p+1. The van der Waals surface area contributed by atoms with E-state index in [1.54, 1.807) is 19.0 Å². The summed E-state index contributed by atoms with van der Waals surface area (Å²) in [5.74, 6) is -7.40. The molecule has 1 fully saturated rings. The van der Waals surface area contributed by atoms with Gasteiger partial charge in [0.25, 0.3) is 5.91 Å². The second-order valence-electron chi connectivity index (χ2n) is 9.57. The summed E-state index contributed by atoms with van der Waals surface area (Å²) in [6.07, 6.45) is 0.132. The first-order valence-electron chi connectivity index (χ1n) is 10.8. The number of rotatable bonds is 3. The lowest BCUT2D eigenvalue weighted by Crippen LogP contribution is -2.65. The van der Waals surface area contributed by atoms with Crippen LogP contribution in [-0.2, 0) is 20.8 Å². The van der Waals surface area contributed by atoms with Crippen LogP contribution in [0.1, 0.15) is 17.5 Å². The van der Waals surface area contributed by atoms with E-state index in [1.165, 1.54) is 25.1 Å². The van der Waals surface area contributed by atoms with Crippen LogP contribution in [0, 0.1) is 17.2 Å². The van der Waals surface area contributed by atoms with E-state index in [9.17, 15) is 40.2 Å². The Hall–Kier alpha value is -3.95. The van der Waals surface area contributed by atoms with E-state index in [0.717, 1.165) is 0 Å². The highest BCUT2D eigenvalue weighted by Gasteiger charge is 2.64. The lowest BCUT2D eigenvalue weighted by atomic mass is 9.57. The number of likely N-dealkylation sites (N-methyl/N-ethyl adjacent to an activating group) is 1. The van der Waals surface area contributed by atoms with Crippen molar-refractivity contribution in [1.29, 1.82) is 5.39 Å². The molecule has 35 heavy (non-hydrogen) atoms. The van der Waals surface area contributed by atoms with Crippen LogP contribution in [0.25, 0.3) is 10.7 Å². The van der Waals surface area contributed by atoms with Crippen LogP contribution in [-0.4, -0.2) is 82.6 Å². The van der Waals surface area contributed by atoms with E-state index >= 15 is 0 Å². The predicted octanol–water partition coefficient (Wildman–Crippen LogP) is 0.515. The number of anilines is 1. The number of ketones is 2. The van der Waals surface area contributed by atoms with Crippen molar-refractivity contribution < 1.29 is 34.8 Å². The fraction of sp³-hybridized carbons (Fsp3) is 0.435. The Kier molecular flexibility index (Phi) is 5.38. The van der Waals surface area contributed by atoms with Crippen LogP contribution in [0.3, 0.4) is 0 Å². The van der Waals surface area contributed by atoms with E-state index in [0.29, 0.717) is 11.3 Å². The molecule has 0 heterocycles. The smallest absolute Gasteiger partial charge is 0.428 e. The number of aromatic hydroxyl groups is 1. The lowest BCUT2D eigenvalue weighted by molar-refractivity contribution is -0.153. The highest BCUT2D eigenvalue weighted by Crippen LogP contribution is 2.54. The highest BCUT2D eigenvalue weighted by atomic mass is 16.3. The molecule has 0 aromatic heterocycles. The van der Waals surface area contributed by atoms with Gasteiger partial charge >= 0.3 is 5.69 Å². The number of fused-ring (bicyclic) bond motifs is 3. The van der Waals surface area contributed by atoms with Crippen molar-refractivity contribution in [1.82, 2.24) is 4.90 Å². The number of aliphatic hydroxyl groups is 3. The topological polar surface area (TPSA) is 193 Å². The molecule has 0 aliphatic heterocycles. The minimum absolute atomic E-state index is 0.00841. The first-order chi connectivity index (χ1) is 16.3. The lowest BCUT2D eigenvalue weighted by Gasteiger charge is -2.50. The number of carbonyl (C=O) groups is 3. The van der Waals surface area contributed by atoms with Crippen LogP contribution >= 0.6 is 0 Å². The van der Waals surface area contributed by atoms with Crippen molar-refractivity contribution in [3.05, 3.63) is 39.1 Å². The maximum Gasteiger partial charge on any atom is 0.428 e. The molecule has 1 aromatic rings. The second kappa shape index (κ2) is 7.79. The minimum atomic E-state index is -2.70. The van der Waals surface area contributed by atoms with Gasteiger partial charge in [-0.05, 0) is 38.4 Å². The fourth-order valence-electron chi connectivity index (χ4n) is 5.75. The number of hydrogen-bond acceptors (Lipinski definition) is 10. The molecular weight excluding hydrogens is 458 g/mol. The molecule has 4 atom stereocenters. The summed E-state index contributed by atoms with van der Waals surface area (Å²) in [4.78, 5) is 45.0. The van der Waals surface area contributed by atoms with Crippen LogP contribution in [0.5, 0.6) is 5.75 Å².